The van der Waals surface area contributed by atoms with Gasteiger partial charge in [0.15, 0.2) is 0 Å². The minimum Gasteiger partial charge on any atom is -0.379 e. The smallest absolute Gasteiger partial charge is 0.292 e. The van der Waals surface area contributed by atoms with Crippen LogP contribution in [0.25, 0.3) is 0 Å². The highest BCUT2D eigenvalue weighted by Gasteiger charge is 2.18. The Kier molecular flexibility index (Phi) is 4.37. The van der Waals surface area contributed by atoms with Gasteiger partial charge < -0.3 is 10.2 Å². The molecule has 0 spiro atoms. The lowest BCUT2D eigenvalue weighted by atomic mass is 9.97. The van der Waals surface area contributed by atoms with Crippen LogP contribution in [-0.4, -0.2) is 36.5 Å². The number of hydrogen-bond acceptors (Lipinski definition) is 4. The lowest BCUT2D eigenvalue weighted by molar-refractivity contribution is -0.384. The summed E-state index contributed by atoms with van der Waals surface area (Å²) in [5.41, 5.74) is 1.72. The van der Waals surface area contributed by atoms with Crippen LogP contribution in [0.4, 0.5) is 11.4 Å². The third-order valence-corrected chi connectivity index (χ3v) is 3.77. The number of nitro groups is 1. The summed E-state index contributed by atoms with van der Waals surface area (Å²) in [5, 5.41) is 14.3. The van der Waals surface area contributed by atoms with E-state index >= 15 is 0 Å². The number of nitrogens with zero attached hydrogens (tertiary/aromatic N) is 2. The van der Waals surface area contributed by atoms with Crippen molar-refractivity contribution in [2.75, 3.05) is 32.0 Å². The van der Waals surface area contributed by atoms with Crippen LogP contribution in [0, 0.1) is 23.0 Å². The first-order chi connectivity index (χ1) is 9.06. The van der Waals surface area contributed by atoms with Gasteiger partial charge in [-0.3, -0.25) is 10.1 Å². The molecule has 1 aromatic rings. The Bertz CT molecular complexity index is 454. The van der Waals surface area contributed by atoms with Crippen molar-refractivity contribution in [3.8, 4) is 0 Å². The zero-order chi connectivity index (χ0) is 13.8. The highest BCUT2D eigenvalue weighted by atomic mass is 16.6. The van der Waals surface area contributed by atoms with Crippen molar-refractivity contribution in [3.63, 3.8) is 0 Å². The summed E-state index contributed by atoms with van der Waals surface area (Å²) in [7, 11) is 2.13. The number of benzene rings is 1. The molecule has 0 unspecified atom stereocenters. The van der Waals surface area contributed by atoms with Crippen LogP contribution in [0.2, 0.25) is 0 Å². The molecule has 1 fully saturated rings. The maximum absolute atomic E-state index is 11.0. The Labute approximate surface area is 113 Å². The van der Waals surface area contributed by atoms with E-state index in [1.165, 1.54) is 0 Å². The quantitative estimate of drug-likeness (QED) is 0.670. The number of nitro benzene ring substituents is 1. The van der Waals surface area contributed by atoms with Crippen LogP contribution in [0.15, 0.2) is 18.2 Å². The third kappa shape index (κ3) is 3.67. The molecule has 5 heteroatoms. The summed E-state index contributed by atoms with van der Waals surface area (Å²) in [6.07, 6.45) is 2.31. The van der Waals surface area contributed by atoms with Gasteiger partial charge in [0, 0.05) is 12.6 Å². The molecule has 5 nitrogen and oxygen atoms in total. The summed E-state index contributed by atoms with van der Waals surface area (Å²) in [6, 6.07) is 5.34. The number of anilines is 1. The van der Waals surface area contributed by atoms with E-state index in [2.05, 4.69) is 17.3 Å². The molecule has 1 aliphatic rings. The Morgan fingerprint density at radius 3 is 2.74 bits per heavy atom. The van der Waals surface area contributed by atoms with Crippen LogP contribution in [-0.2, 0) is 0 Å². The van der Waals surface area contributed by atoms with E-state index < -0.39 is 0 Å². The summed E-state index contributed by atoms with van der Waals surface area (Å²) < 4.78 is 0. The molecule has 104 valence electrons. The molecule has 0 saturated carbocycles. The number of nitrogens with one attached hydrogen (secondary N) is 1. The second-order valence-electron chi connectivity index (χ2n) is 5.41. The van der Waals surface area contributed by atoms with Crippen LogP contribution in [0.1, 0.15) is 18.4 Å². The number of aryl methyl sites for hydroxylation is 1. The minimum absolute atomic E-state index is 0.174. The van der Waals surface area contributed by atoms with E-state index in [0.717, 1.165) is 38.0 Å². The molecule has 1 heterocycles. The Morgan fingerprint density at radius 2 is 2.11 bits per heavy atom. The van der Waals surface area contributed by atoms with Crippen molar-refractivity contribution in [2.24, 2.45) is 5.92 Å². The van der Waals surface area contributed by atoms with Gasteiger partial charge in [-0.05, 0) is 57.5 Å². The number of hydrogen-bond donors (Lipinski definition) is 1. The van der Waals surface area contributed by atoms with Gasteiger partial charge in [0.25, 0.3) is 5.69 Å². The van der Waals surface area contributed by atoms with Crippen LogP contribution in [0.3, 0.4) is 0 Å². The molecule has 1 N–H and O–H groups in total. The lowest BCUT2D eigenvalue weighted by Gasteiger charge is -2.29. The Hall–Kier alpha value is -1.62. The monoisotopic (exact) mass is 263 g/mol. The molecule has 0 amide bonds. The van der Waals surface area contributed by atoms with Crippen molar-refractivity contribution in [1.82, 2.24) is 4.90 Å². The maximum atomic E-state index is 11.0. The fourth-order valence-corrected chi connectivity index (χ4v) is 2.46. The van der Waals surface area contributed by atoms with Crippen molar-refractivity contribution in [1.29, 1.82) is 0 Å². The molecule has 0 aliphatic carbocycles. The fourth-order valence-electron chi connectivity index (χ4n) is 2.46. The molecule has 0 atom stereocenters. The first kappa shape index (κ1) is 13.8. The molecule has 1 saturated heterocycles. The molecule has 0 radical (unpaired) electrons. The van der Waals surface area contributed by atoms with Crippen LogP contribution >= 0.6 is 0 Å². The molecule has 2 rings (SSSR count). The van der Waals surface area contributed by atoms with E-state index in [1.807, 2.05) is 19.1 Å². The lowest BCUT2D eigenvalue weighted by Crippen LogP contribution is -2.33. The van der Waals surface area contributed by atoms with Crippen molar-refractivity contribution in [2.45, 2.75) is 19.8 Å². The standard InChI is InChI=1S/C14H21N3O2/c1-11-3-4-13(14(9-11)17(18)19)15-10-12-5-7-16(2)8-6-12/h3-4,9,12,15H,5-8,10H2,1-2H3. The molecule has 1 aromatic carbocycles. The predicted octanol–water partition coefficient (Wildman–Crippen LogP) is 2.66. The first-order valence-electron chi connectivity index (χ1n) is 6.73. The SMILES string of the molecule is Cc1ccc(NCC2CCN(C)CC2)c([N+](=O)[O-])c1. The van der Waals surface area contributed by atoms with E-state index in [4.69, 9.17) is 0 Å². The van der Waals surface area contributed by atoms with Gasteiger partial charge in [-0.15, -0.1) is 0 Å². The fraction of sp³-hybridized carbons (Fsp3) is 0.571. The van der Waals surface area contributed by atoms with Crippen LogP contribution < -0.4 is 5.32 Å². The van der Waals surface area contributed by atoms with Gasteiger partial charge in [0.2, 0.25) is 0 Å². The summed E-state index contributed by atoms with van der Waals surface area (Å²) in [5.74, 6) is 0.608. The van der Waals surface area contributed by atoms with Gasteiger partial charge in [0.05, 0.1) is 4.92 Å². The Balaban J connectivity index is 1.97. The second-order valence-corrected chi connectivity index (χ2v) is 5.41. The zero-order valence-corrected chi connectivity index (χ0v) is 11.6. The molecule has 0 aromatic heterocycles. The zero-order valence-electron chi connectivity index (χ0n) is 11.6. The number of likely N-dealkylation sites (tertiary alicyclic amines) is 1. The van der Waals surface area contributed by atoms with Crippen molar-refractivity contribution < 1.29 is 4.92 Å². The van der Waals surface area contributed by atoms with Gasteiger partial charge in [-0.1, -0.05) is 6.07 Å². The van der Waals surface area contributed by atoms with Gasteiger partial charge >= 0.3 is 0 Å². The van der Waals surface area contributed by atoms with Gasteiger partial charge in [-0.2, -0.15) is 0 Å². The average molecular weight is 263 g/mol. The molecule has 1 aliphatic heterocycles. The number of rotatable bonds is 4. The highest BCUT2D eigenvalue weighted by Crippen LogP contribution is 2.26. The summed E-state index contributed by atoms with van der Waals surface area (Å²) in [6.45, 7) is 4.91. The summed E-state index contributed by atoms with van der Waals surface area (Å²) in [4.78, 5) is 13.0. The normalized spacial score (nSPS) is 17.4. The van der Waals surface area contributed by atoms with E-state index in [1.54, 1.807) is 6.07 Å². The topological polar surface area (TPSA) is 58.4 Å². The van der Waals surface area contributed by atoms with Crippen molar-refractivity contribution >= 4 is 11.4 Å². The second kappa shape index (κ2) is 6.02. The van der Waals surface area contributed by atoms with Gasteiger partial charge in [0.1, 0.15) is 5.69 Å². The largest absolute Gasteiger partial charge is 0.379 e. The predicted molar refractivity (Wildman–Crippen MR) is 76.5 cm³/mol. The van der Waals surface area contributed by atoms with Crippen LogP contribution in [0.5, 0.6) is 0 Å². The van der Waals surface area contributed by atoms with E-state index in [-0.39, 0.29) is 10.6 Å². The molecule has 0 bridgehead atoms. The van der Waals surface area contributed by atoms with Gasteiger partial charge in [-0.25, -0.2) is 0 Å². The van der Waals surface area contributed by atoms with Crippen molar-refractivity contribution in [3.05, 3.63) is 33.9 Å². The third-order valence-electron chi connectivity index (χ3n) is 3.77. The first-order valence-corrected chi connectivity index (χ1v) is 6.73. The number of piperidine rings is 1. The average Bonchev–Trinajstić information content (AvgIpc) is 2.39. The molecule has 19 heavy (non-hydrogen) atoms. The highest BCUT2D eigenvalue weighted by molar-refractivity contribution is 5.62. The van der Waals surface area contributed by atoms with E-state index in [9.17, 15) is 10.1 Å². The minimum atomic E-state index is -0.315. The summed E-state index contributed by atoms with van der Waals surface area (Å²) >= 11 is 0. The molecular weight excluding hydrogens is 242 g/mol. The Morgan fingerprint density at radius 1 is 1.42 bits per heavy atom. The maximum Gasteiger partial charge on any atom is 0.292 e. The van der Waals surface area contributed by atoms with E-state index in [0.29, 0.717) is 11.6 Å². The molecular formula is C14H21N3O2.